The minimum atomic E-state index is -0.532. The molecule has 2 heterocycles. The molecule has 3 aliphatic rings. The van der Waals surface area contributed by atoms with Gasteiger partial charge in [-0.2, -0.15) is 0 Å². The fourth-order valence-corrected chi connectivity index (χ4v) is 8.22. The van der Waals surface area contributed by atoms with Gasteiger partial charge in [-0.3, -0.25) is 0 Å². The average molecular weight is 603 g/mol. The Morgan fingerprint density at radius 1 is 0.617 bits per heavy atom. The van der Waals surface area contributed by atoms with Gasteiger partial charge in [0, 0.05) is 27.5 Å². The van der Waals surface area contributed by atoms with E-state index in [-0.39, 0.29) is 0 Å². The zero-order chi connectivity index (χ0) is 31.1. The zero-order valence-corrected chi connectivity index (χ0v) is 25.9. The molecule has 0 amide bonds. The first-order chi connectivity index (χ1) is 23.2. The Morgan fingerprint density at radius 2 is 1.28 bits per heavy atom. The van der Waals surface area contributed by atoms with E-state index in [2.05, 4.69) is 153 Å². The zero-order valence-electron chi connectivity index (χ0n) is 25.9. The summed E-state index contributed by atoms with van der Waals surface area (Å²) in [5.74, 6) is 2.90. The van der Waals surface area contributed by atoms with Gasteiger partial charge in [-0.05, 0) is 69.6 Å². The molecule has 10 rings (SSSR count). The number of benzene rings is 6. The molecule has 1 aromatic heterocycles. The summed E-state index contributed by atoms with van der Waals surface area (Å²) >= 11 is 0. The van der Waals surface area contributed by atoms with Crippen LogP contribution in [-0.2, 0) is 5.41 Å². The maximum Gasteiger partial charge on any atom is 0.160 e. The maximum atomic E-state index is 6.68. The molecule has 1 atom stereocenters. The Labute approximate surface area is 273 Å². The van der Waals surface area contributed by atoms with E-state index in [1.165, 1.54) is 33.0 Å². The van der Waals surface area contributed by atoms with Crippen molar-refractivity contribution < 1.29 is 4.74 Å². The van der Waals surface area contributed by atoms with Gasteiger partial charge < -0.3 is 4.74 Å². The van der Waals surface area contributed by atoms with Gasteiger partial charge in [0.1, 0.15) is 11.5 Å². The van der Waals surface area contributed by atoms with Crippen molar-refractivity contribution in [1.82, 2.24) is 9.97 Å². The van der Waals surface area contributed by atoms with E-state index in [9.17, 15) is 0 Å². The quantitative estimate of drug-likeness (QED) is 0.198. The number of hydrogen-bond donors (Lipinski definition) is 0. The first-order valence-electron chi connectivity index (χ1n) is 16.4. The summed E-state index contributed by atoms with van der Waals surface area (Å²) in [6.45, 7) is 2.26. The molecular formula is C44H30N2O. The van der Waals surface area contributed by atoms with Crippen molar-refractivity contribution in [2.75, 3.05) is 0 Å². The molecule has 3 heteroatoms. The molecule has 2 aliphatic carbocycles. The normalized spacial score (nSPS) is 16.1. The lowest BCUT2D eigenvalue weighted by atomic mass is 9.66. The molecule has 1 unspecified atom stereocenters. The van der Waals surface area contributed by atoms with Crippen molar-refractivity contribution in [2.24, 2.45) is 5.92 Å². The van der Waals surface area contributed by atoms with Gasteiger partial charge in [-0.1, -0.05) is 128 Å². The Hall–Kier alpha value is -5.80. The van der Waals surface area contributed by atoms with E-state index < -0.39 is 5.41 Å². The fraction of sp³-hybridized carbons (Fsp3) is 0.0909. The molecule has 3 nitrogen and oxygen atoms in total. The standard InChI is InChI=1S/C44H30N2O/c1-27-21-23-39-34(25-27)42(33-16-10-12-28-11-2-3-13-30(28)33)46-43(45-39)29-22-24-41-38(26-29)44(37-19-8-9-20-40(37)47-41)35-17-6-4-14-31(35)32-15-5-7-18-36(32)44/h2-20,22-27H,21H2,1H3. The van der Waals surface area contributed by atoms with Crippen molar-refractivity contribution in [3.05, 3.63) is 166 Å². The van der Waals surface area contributed by atoms with Gasteiger partial charge in [-0.15, -0.1) is 0 Å². The van der Waals surface area contributed by atoms with Gasteiger partial charge in [0.2, 0.25) is 0 Å². The third kappa shape index (κ3) is 3.68. The molecule has 0 bridgehead atoms. The lowest BCUT2D eigenvalue weighted by Gasteiger charge is -2.39. The Balaban J connectivity index is 1.27. The van der Waals surface area contributed by atoms with Crippen LogP contribution in [0.3, 0.4) is 0 Å². The summed E-state index contributed by atoms with van der Waals surface area (Å²) in [6, 6.07) is 47.8. The third-order valence-corrected chi connectivity index (χ3v) is 10.3. The van der Waals surface area contributed by atoms with Crippen LogP contribution < -0.4 is 15.3 Å². The van der Waals surface area contributed by atoms with E-state index in [1.807, 2.05) is 0 Å². The van der Waals surface area contributed by atoms with E-state index in [4.69, 9.17) is 14.7 Å². The van der Waals surface area contributed by atoms with Crippen molar-refractivity contribution >= 4 is 22.9 Å². The van der Waals surface area contributed by atoms with Crippen LogP contribution in [0.1, 0.15) is 35.6 Å². The van der Waals surface area contributed by atoms with Gasteiger partial charge >= 0.3 is 0 Å². The van der Waals surface area contributed by atoms with Crippen LogP contribution in [0.2, 0.25) is 0 Å². The van der Waals surface area contributed by atoms with Crippen LogP contribution in [0.15, 0.2) is 133 Å². The summed E-state index contributed by atoms with van der Waals surface area (Å²) in [5.41, 5.74) is 9.90. The van der Waals surface area contributed by atoms with E-state index in [0.29, 0.717) is 5.92 Å². The average Bonchev–Trinajstić information content (AvgIpc) is 3.42. The highest BCUT2D eigenvalue weighted by Gasteiger charge is 2.51. The summed E-state index contributed by atoms with van der Waals surface area (Å²) < 4.78 is 6.68. The molecule has 47 heavy (non-hydrogen) atoms. The molecular weight excluding hydrogens is 572 g/mol. The minimum Gasteiger partial charge on any atom is -0.457 e. The van der Waals surface area contributed by atoms with Gasteiger partial charge in [0.25, 0.3) is 0 Å². The van der Waals surface area contributed by atoms with Crippen LogP contribution in [0.4, 0.5) is 0 Å². The van der Waals surface area contributed by atoms with Crippen LogP contribution in [-0.4, -0.2) is 9.97 Å². The number of ether oxygens (including phenoxy) is 1. The topological polar surface area (TPSA) is 35.0 Å². The van der Waals surface area contributed by atoms with Crippen LogP contribution >= 0.6 is 0 Å². The van der Waals surface area contributed by atoms with Crippen LogP contribution in [0, 0.1) is 5.92 Å². The number of rotatable bonds is 2. The summed E-state index contributed by atoms with van der Waals surface area (Å²) in [6.07, 6.45) is 5.59. The second-order valence-corrected chi connectivity index (χ2v) is 13.0. The Kier molecular flexibility index (Phi) is 5.54. The van der Waals surface area contributed by atoms with E-state index in [0.717, 1.165) is 62.3 Å². The highest BCUT2D eigenvalue weighted by atomic mass is 16.5. The van der Waals surface area contributed by atoms with Crippen molar-refractivity contribution in [3.8, 4) is 45.3 Å². The minimum absolute atomic E-state index is 0.425. The van der Waals surface area contributed by atoms with Gasteiger partial charge in [-0.25, -0.2) is 9.97 Å². The largest absolute Gasteiger partial charge is 0.457 e. The molecule has 0 radical (unpaired) electrons. The first-order valence-corrected chi connectivity index (χ1v) is 16.4. The molecule has 7 aromatic rings. The molecule has 0 fully saturated rings. The number of aromatic nitrogens is 2. The van der Waals surface area contributed by atoms with Gasteiger partial charge in [0.05, 0.1) is 16.5 Å². The lowest BCUT2D eigenvalue weighted by Crippen LogP contribution is -2.35. The molecule has 1 spiro atoms. The fourth-order valence-electron chi connectivity index (χ4n) is 8.22. The second-order valence-electron chi connectivity index (χ2n) is 13.0. The maximum absolute atomic E-state index is 6.68. The Bertz CT molecular complexity index is 2510. The highest BCUT2D eigenvalue weighted by molar-refractivity contribution is 5.96. The SMILES string of the molecule is CC1C=c2c(-c3cccc4ccccc34)nc(-c3ccc4c(c3)C3(c5ccccc5O4)c4ccccc4-c4ccccc43)nc2=CC1. The van der Waals surface area contributed by atoms with E-state index in [1.54, 1.807) is 0 Å². The van der Waals surface area contributed by atoms with Gasteiger partial charge in [0.15, 0.2) is 5.82 Å². The van der Waals surface area contributed by atoms with Crippen LogP contribution in [0.5, 0.6) is 11.5 Å². The summed E-state index contributed by atoms with van der Waals surface area (Å²) in [4.78, 5) is 10.6. The number of fused-ring (bicyclic) bond motifs is 11. The van der Waals surface area contributed by atoms with E-state index >= 15 is 0 Å². The summed E-state index contributed by atoms with van der Waals surface area (Å²) in [7, 11) is 0. The lowest BCUT2D eigenvalue weighted by molar-refractivity contribution is 0.436. The smallest absolute Gasteiger partial charge is 0.160 e. The predicted octanol–water partition coefficient (Wildman–Crippen LogP) is 9.03. The highest BCUT2D eigenvalue weighted by Crippen LogP contribution is 2.62. The number of nitrogens with zero attached hydrogens (tertiary/aromatic N) is 2. The van der Waals surface area contributed by atoms with Crippen molar-refractivity contribution in [2.45, 2.75) is 18.8 Å². The Morgan fingerprint density at radius 3 is 2.11 bits per heavy atom. The number of hydrogen-bond acceptors (Lipinski definition) is 3. The molecule has 0 saturated carbocycles. The molecule has 6 aromatic carbocycles. The predicted molar refractivity (Wildman–Crippen MR) is 190 cm³/mol. The molecule has 1 aliphatic heterocycles. The third-order valence-electron chi connectivity index (χ3n) is 10.3. The molecule has 0 N–H and O–H groups in total. The van der Waals surface area contributed by atoms with Crippen molar-refractivity contribution in [1.29, 1.82) is 0 Å². The monoisotopic (exact) mass is 602 g/mol. The number of para-hydroxylation sites is 1. The molecule has 222 valence electrons. The second kappa shape index (κ2) is 9.85. The first kappa shape index (κ1) is 26.4. The summed E-state index contributed by atoms with van der Waals surface area (Å²) in [5, 5.41) is 4.52. The molecule has 0 saturated heterocycles. The van der Waals surface area contributed by atoms with Crippen molar-refractivity contribution in [3.63, 3.8) is 0 Å². The van der Waals surface area contributed by atoms with Crippen LogP contribution in [0.25, 0.3) is 56.7 Å².